The number of benzene rings is 2. The average molecular weight is 455 g/mol. The highest BCUT2D eigenvalue weighted by molar-refractivity contribution is 7.89. The zero-order chi connectivity index (χ0) is 22.7. The van der Waals surface area contributed by atoms with Gasteiger partial charge in [-0.15, -0.1) is 0 Å². The van der Waals surface area contributed by atoms with E-state index < -0.39 is 10.0 Å². The molecule has 0 N–H and O–H groups in total. The second-order valence-electron chi connectivity index (χ2n) is 8.00. The van der Waals surface area contributed by atoms with E-state index in [0.29, 0.717) is 24.2 Å². The van der Waals surface area contributed by atoms with Gasteiger partial charge in [0.05, 0.1) is 4.90 Å². The highest BCUT2D eigenvalue weighted by atomic mass is 32.2. The molecule has 168 valence electrons. The molecule has 2 aromatic carbocycles. The molecule has 8 nitrogen and oxygen atoms in total. The summed E-state index contributed by atoms with van der Waals surface area (Å²) in [4.78, 5) is 18.7. The molecule has 3 aromatic rings. The quantitative estimate of drug-likeness (QED) is 0.566. The number of aryl methyl sites for hydroxylation is 1. The van der Waals surface area contributed by atoms with Gasteiger partial charge in [0.2, 0.25) is 15.8 Å². The number of sulfonamides is 1. The van der Waals surface area contributed by atoms with Crippen LogP contribution in [0.15, 0.2) is 57.9 Å². The number of carbonyl (C=O) groups is 1. The number of carbonyl (C=O) groups excluding carboxylic acids is 1. The Bertz CT molecular complexity index is 1200. The summed E-state index contributed by atoms with van der Waals surface area (Å²) in [5, 5.41) is 3.93. The van der Waals surface area contributed by atoms with E-state index in [2.05, 4.69) is 10.1 Å². The fourth-order valence-electron chi connectivity index (χ4n) is 3.77. The number of hydrogen-bond donors (Lipinski definition) is 0. The Hall–Kier alpha value is -3.04. The van der Waals surface area contributed by atoms with E-state index in [4.69, 9.17) is 4.52 Å². The van der Waals surface area contributed by atoms with E-state index in [-0.39, 0.29) is 29.1 Å². The smallest absolute Gasteiger partial charge is 0.316 e. The van der Waals surface area contributed by atoms with Crippen LogP contribution in [-0.2, 0) is 16.6 Å². The first kappa shape index (κ1) is 22.2. The molecule has 1 aliphatic heterocycles. The van der Waals surface area contributed by atoms with E-state index >= 15 is 0 Å². The van der Waals surface area contributed by atoms with Crippen LogP contribution in [0.2, 0.25) is 0 Å². The molecule has 32 heavy (non-hydrogen) atoms. The van der Waals surface area contributed by atoms with Crippen LogP contribution in [0.1, 0.15) is 41.1 Å². The Kier molecular flexibility index (Phi) is 6.38. The second-order valence-corrected chi connectivity index (χ2v) is 10.0. The summed E-state index contributed by atoms with van der Waals surface area (Å²) in [5.74, 6) is -0.174. The summed E-state index contributed by atoms with van der Waals surface area (Å²) in [6.45, 7) is 3.35. The first-order chi connectivity index (χ1) is 15.4. The Labute approximate surface area is 187 Å². The predicted octanol–water partition coefficient (Wildman–Crippen LogP) is 3.49. The highest BCUT2D eigenvalue weighted by Crippen LogP contribution is 2.26. The van der Waals surface area contributed by atoms with Crippen LogP contribution in [0, 0.1) is 6.92 Å². The summed E-state index contributed by atoms with van der Waals surface area (Å²) in [5.41, 5.74) is 1.98. The fourth-order valence-corrected chi connectivity index (χ4v) is 5.18. The number of aromatic nitrogens is 2. The summed E-state index contributed by atoms with van der Waals surface area (Å²) in [6.07, 6.45) is 3.03. The van der Waals surface area contributed by atoms with Crippen molar-refractivity contribution >= 4 is 15.9 Å². The van der Waals surface area contributed by atoms with Gasteiger partial charge in [0.25, 0.3) is 0 Å². The molecule has 0 aliphatic carbocycles. The van der Waals surface area contributed by atoms with Gasteiger partial charge in [-0.25, -0.2) is 8.42 Å². The number of likely N-dealkylation sites (tertiary alicyclic amines) is 1. The molecule has 0 unspecified atom stereocenters. The Balaban J connectivity index is 1.59. The Morgan fingerprint density at radius 2 is 1.81 bits per heavy atom. The van der Waals surface area contributed by atoms with Crippen molar-refractivity contribution in [2.24, 2.45) is 0 Å². The van der Waals surface area contributed by atoms with Gasteiger partial charge >= 0.3 is 11.8 Å². The lowest BCUT2D eigenvalue weighted by molar-refractivity contribution is 0.0674. The Morgan fingerprint density at radius 3 is 2.53 bits per heavy atom. The van der Waals surface area contributed by atoms with Crippen molar-refractivity contribution in [3.63, 3.8) is 0 Å². The molecule has 1 aromatic heterocycles. The van der Waals surface area contributed by atoms with E-state index in [0.717, 1.165) is 24.8 Å². The first-order valence-corrected chi connectivity index (χ1v) is 12.0. The maximum absolute atomic E-state index is 13.3. The molecule has 1 fully saturated rings. The number of nitrogens with zero attached hydrogens (tertiary/aromatic N) is 4. The molecule has 2 heterocycles. The number of piperidine rings is 1. The molecule has 1 aliphatic rings. The van der Waals surface area contributed by atoms with Crippen LogP contribution in [0.5, 0.6) is 0 Å². The zero-order valence-electron chi connectivity index (χ0n) is 18.2. The summed E-state index contributed by atoms with van der Waals surface area (Å²) in [7, 11) is -2.20. The van der Waals surface area contributed by atoms with Crippen LogP contribution in [-0.4, -0.2) is 53.8 Å². The fraction of sp³-hybridized carbons (Fsp3) is 0.348. The van der Waals surface area contributed by atoms with Gasteiger partial charge in [-0.3, -0.25) is 4.79 Å². The van der Waals surface area contributed by atoms with Gasteiger partial charge in [0.1, 0.15) is 0 Å². The van der Waals surface area contributed by atoms with Crippen LogP contribution >= 0.6 is 0 Å². The SMILES string of the molecule is Cc1ccc(-c2noc(C(=O)N3CCCCC3)n2)cc1S(=O)(=O)N(C)Cc1ccccc1. The van der Waals surface area contributed by atoms with E-state index in [1.165, 1.54) is 10.4 Å². The average Bonchev–Trinajstić information content (AvgIpc) is 3.30. The van der Waals surface area contributed by atoms with Crippen molar-refractivity contribution < 1.29 is 17.7 Å². The van der Waals surface area contributed by atoms with Gasteiger partial charge < -0.3 is 9.42 Å². The molecule has 0 spiro atoms. The van der Waals surface area contributed by atoms with Crippen LogP contribution in [0.3, 0.4) is 0 Å². The molecule has 0 bridgehead atoms. The number of amides is 1. The topological polar surface area (TPSA) is 96.6 Å². The van der Waals surface area contributed by atoms with E-state index in [1.54, 1.807) is 31.0 Å². The third kappa shape index (κ3) is 4.58. The van der Waals surface area contributed by atoms with Gasteiger partial charge in [0.15, 0.2) is 0 Å². The third-order valence-corrected chi connectivity index (χ3v) is 7.58. The monoisotopic (exact) mass is 454 g/mol. The lowest BCUT2D eigenvalue weighted by Gasteiger charge is -2.24. The van der Waals surface area contributed by atoms with Crippen molar-refractivity contribution in [2.75, 3.05) is 20.1 Å². The molecule has 4 rings (SSSR count). The highest BCUT2D eigenvalue weighted by Gasteiger charge is 2.26. The normalized spacial score (nSPS) is 14.7. The maximum Gasteiger partial charge on any atom is 0.316 e. The van der Waals surface area contributed by atoms with Crippen molar-refractivity contribution in [2.45, 2.75) is 37.6 Å². The molecule has 9 heteroatoms. The summed E-state index contributed by atoms with van der Waals surface area (Å²) in [6, 6.07) is 14.4. The van der Waals surface area contributed by atoms with Crippen LogP contribution in [0.25, 0.3) is 11.4 Å². The molecule has 1 saturated heterocycles. The largest absolute Gasteiger partial charge is 0.334 e. The van der Waals surface area contributed by atoms with Gasteiger partial charge in [-0.1, -0.05) is 47.6 Å². The molecular weight excluding hydrogens is 428 g/mol. The molecule has 1 amide bonds. The Morgan fingerprint density at radius 1 is 1.09 bits per heavy atom. The first-order valence-electron chi connectivity index (χ1n) is 10.6. The van der Waals surface area contributed by atoms with Crippen molar-refractivity contribution in [3.8, 4) is 11.4 Å². The molecule has 0 saturated carbocycles. The van der Waals surface area contributed by atoms with Gasteiger partial charge in [-0.05, 0) is 43.4 Å². The predicted molar refractivity (Wildman–Crippen MR) is 119 cm³/mol. The van der Waals surface area contributed by atoms with Gasteiger partial charge in [0, 0.05) is 32.2 Å². The minimum Gasteiger partial charge on any atom is -0.334 e. The second kappa shape index (κ2) is 9.22. The van der Waals surface area contributed by atoms with Gasteiger partial charge in [-0.2, -0.15) is 9.29 Å². The maximum atomic E-state index is 13.3. The number of hydrogen-bond acceptors (Lipinski definition) is 6. The lowest BCUT2D eigenvalue weighted by atomic mass is 10.1. The minimum atomic E-state index is -3.75. The third-order valence-electron chi connectivity index (χ3n) is 5.63. The summed E-state index contributed by atoms with van der Waals surface area (Å²) < 4.78 is 33.0. The lowest BCUT2D eigenvalue weighted by Crippen LogP contribution is -2.35. The number of rotatable bonds is 6. The standard InChI is InChI=1S/C23H26N4O4S/c1-17-11-12-19(21-24-22(31-25-21)23(28)27-13-7-4-8-14-27)15-20(17)32(29,30)26(2)16-18-9-5-3-6-10-18/h3,5-6,9-12,15H,4,7-8,13-14,16H2,1-2H3. The minimum absolute atomic E-state index is 0.0759. The van der Waals surface area contributed by atoms with Crippen LogP contribution < -0.4 is 0 Å². The molecule has 0 atom stereocenters. The van der Waals surface area contributed by atoms with Crippen LogP contribution in [0.4, 0.5) is 0 Å². The van der Waals surface area contributed by atoms with E-state index in [1.807, 2.05) is 30.3 Å². The van der Waals surface area contributed by atoms with Crippen molar-refractivity contribution in [1.82, 2.24) is 19.3 Å². The van der Waals surface area contributed by atoms with E-state index in [9.17, 15) is 13.2 Å². The summed E-state index contributed by atoms with van der Waals surface area (Å²) >= 11 is 0. The molecule has 0 radical (unpaired) electrons. The zero-order valence-corrected chi connectivity index (χ0v) is 19.0. The van der Waals surface area contributed by atoms with Crippen molar-refractivity contribution in [3.05, 3.63) is 65.5 Å². The van der Waals surface area contributed by atoms with Crippen molar-refractivity contribution in [1.29, 1.82) is 0 Å². The molecular formula is C23H26N4O4S.